The van der Waals surface area contributed by atoms with E-state index in [1.54, 1.807) is 23.5 Å². The summed E-state index contributed by atoms with van der Waals surface area (Å²) in [5.41, 5.74) is 0. The summed E-state index contributed by atoms with van der Waals surface area (Å²) in [6, 6.07) is 10.9. The minimum Gasteiger partial charge on any atom is -0.497 e. The average molecular weight is 319 g/mol. The monoisotopic (exact) mass is 319 g/mol. The maximum absolute atomic E-state index is 12.8. The first-order valence-corrected chi connectivity index (χ1v) is 9.02. The first-order chi connectivity index (χ1) is 10.5. The largest absolute Gasteiger partial charge is 0.497 e. The minimum atomic E-state index is -3.39. The van der Waals surface area contributed by atoms with E-state index < -0.39 is 10.0 Å². The third kappa shape index (κ3) is 2.83. The second-order valence-electron chi connectivity index (χ2n) is 5.96. The summed E-state index contributed by atoms with van der Waals surface area (Å²) in [4.78, 5) is 0.375. The summed E-state index contributed by atoms with van der Waals surface area (Å²) in [6.07, 6.45) is 1.87. The van der Waals surface area contributed by atoms with Gasteiger partial charge in [-0.25, -0.2) is 8.42 Å². The van der Waals surface area contributed by atoms with E-state index in [4.69, 9.17) is 4.74 Å². The Bertz CT molecular complexity index is 778. The highest BCUT2D eigenvalue weighted by Crippen LogP contribution is 2.27. The fraction of sp³-hybridized carbons (Fsp3) is 0.412. The summed E-state index contributed by atoms with van der Waals surface area (Å²) in [5, 5.41) is 1.89. The molecule has 1 aliphatic rings. The van der Waals surface area contributed by atoms with Crippen LogP contribution in [0.4, 0.5) is 0 Å². The van der Waals surface area contributed by atoms with Gasteiger partial charge < -0.3 is 4.74 Å². The van der Waals surface area contributed by atoms with Gasteiger partial charge in [0.1, 0.15) is 5.75 Å². The molecule has 0 unspecified atom stereocenters. The first-order valence-electron chi connectivity index (χ1n) is 7.58. The van der Waals surface area contributed by atoms with Crippen LogP contribution >= 0.6 is 0 Å². The fourth-order valence-corrected chi connectivity index (χ4v) is 4.37. The molecule has 1 saturated heterocycles. The standard InChI is InChI=1S/C17H21NO3S/c1-13-7-9-18(10-8-13)22(19,20)17-6-4-14-11-16(21-2)5-3-15(14)12-17/h3-6,11-13H,7-10H2,1-2H3. The Morgan fingerprint density at radius 2 is 1.68 bits per heavy atom. The summed E-state index contributed by atoms with van der Waals surface area (Å²) >= 11 is 0. The van der Waals surface area contributed by atoms with Crippen molar-refractivity contribution in [2.24, 2.45) is 5.92 Å². The SMILES string of the molecule is COc1ccc2cc(S(=O)(=O)N3CCC(C)CC3)ccc2c1. The number of piperidine rings is 1. The Hall–Kier alpha value is -1.59. The van der Waals surface area contributed by atoms with Crippen molar-refractivity contribution < 1.29 is 13.2 Å². The molecule has 2 aromatic carbocycles. The van der Waals surface area contributed by atoms with Gasteiger partial charge in [-0.15, -0.1) is 0 Å². The van der Waals surface area contributed by atoms with Crippen LogP contribution in [0.5, 0.6) is 5.75 Å². The number of rotatable bonds is 3. The highest BCUT2D eigenvalue weighted by Gasteiger charge is 2.28. The second-order valence-corrected chi connectivity index (χ2v) is 7.90. The van der Waals surface area contributed by atoms with E-state index in [1.807, 2.05) is 24.3 Å². The van der Waals surface area contributed by atoms with Crippen LogP contribution in [0.25, 0.3) is 10.8 Å². The highest BCUT2D eigenvalue weighted by molar-refractivity contribution is 7.89. The Morgan fingerprint density at radius 3 is 2.36 bits per heavy atom. The highest BCUT2D eigenvalue weighted by atomic mass is 32.2. The van der Waals surface area contributed by atoms with Crippen LogP contribution in [0.1, 0.15) is 19.8 Å². The molecule has 4 nitrogen and oxygen atoms in total. The molecule has 0 radical (unpaired) electrons. The van der Waals surface area contributed by atoms with E-state index in [-0.39, 0.29) is 0 Å². The van der Waals surface area contributed by atoms with Crippen molar-refractivity contribution in [3.05, 3.63) is 36.4 Å². The van der Waals surface area contributed by atoms with Gasteiger partial charge in [-0.2, -0.15) is 4.31 Å². The molecular weight excluding hydrogens is 298 g/mol. The smallest absolute Gasteiger partial charge is 0.243 e. The maximum atomic E-state index is 12.8. The zero-order valence-corrected chi connectivity index (χ0v) is 13.8. The number of ether oxygens (including phenoxy) is 1. The number of hydrogen-bond acceptors (Lipinski definition) is 3. The number of hydrogen-bond donors (Lipinski definition) is 0. The van der Waals surface area contributed by atoms with Crippen LogP contribution < -0.4 is 4.74 Å². The topological polar surface area (TPSA) is 46.6 Å². The molecule has 1 aliphatic heterocycles. The number of methoxy groups -OCH3 is 1. The van der Waals surface area contributed by atoms with Crippen LogP contribution in [-0.2, 0) is 10.0 Å². The van der Waals surface area contributed by atoms with E-state index in [1.165, 1.54) is 0 Å². The molecule has 3 rings (SSSR count). The van der Waals surface area contributed by atoms with Crippen LogP contribution in [-0.4, -0.2) is 32.9 Å². The molecule has 0 N–H and O–H groups in total. The van der Waals surface area contributed by atoms with Gasteiger partial charge >= 0.3 is 0 Å². The van der Waals surface area contributed by atoms with Crippen molar-refractivity contribution in [2.45, 2.75) is 24.7 Å². The van der Waals surface area contributed by atoms with E-state index in [2.05, 4.69) is 6.92 Å². The maximum Gasteiger partial charge on any atom is 0.243 e. The third-order valence-corrected chi connectivity index (χ3v) is 6.29. The summed E-state index contributed by atoms with van der Waals surface area (Å²) in [7, 11) is -1.77. The Morgan fingerprint density at radius 1 is 1.05 bits per heavy atom. The quantitative estimate of drug-likeness (QED) is 0.872. The van der Waals surface area contributed by atoms with Crippen molar-refractivity contribution in [3.8, 4) is 5.75 Å². The molecule has 0 bridgehead atoms. The number of nitrogens with zero attached hydrogens (tertiary/aromatic N) is 1. The van der Waals surface area contributed by atoms with Crippen LogP contribution in [0.3, 0.4) is 0 Å². The van der Waals surface area contributed by atoms with Crippen molar-refractivity contribution in [1.29, 1.82) is 0 Å². The van der Waals surface area contributed by atoms with Crippen LogP contribution in [0.15, 0.2) is 41.3 Å². The first kappa shape index (κ1) is 15.3. The molecule has 0 aromatic heterocycles. The van der Waals surface area contributed by atoms with Gasteiger partial charge in [0.2, 0.25) is 10.0 Å². The number of sulfonamides is 1. The van der Waals surface area contributed by atoms with Gasteiger partial charge in [0, 0.05) is 13.1 Å². The Kier molecular flexibility index (Phi) is 4.10. The number of benzene rings is 2. The van der Waals surface area contributed by atoms with Gasteiger partial charge in [-0.3, -0.25) is 0 Å². The van der Waals surface area contributed by atoms with Gasteiger partial charge in [0.15, 0.2) is 0 Å². The molecule has 0 saturated carbocycles. The summed E-state index contributed by atoms with van der Waals surface area (Å²) in [6.45, 7) is 3.40. The van der Waals surface area contributed by atoms with Gasteiger partial charge in [-0.05, 0) is 53.8 Å². The van der Waals surface area contributed by atoms with E-state index in [9.17, 15) is 8.42 Å². The van der Waals surface area contributed by atoms with Gasteiger partial charge in [0.05, 0.1) is 12.0 Å². The fourth-order valence-electron chi connectivity index (χ4n) is 2.86. The lowest BCUT2D eigenvalue weighted by Crippen LogP contribution is -2.37. The van der Waals surface area contributed by atoms with Gasteiger partial charge in [-0.1, -0.05) is 19.1 Å². The number of fused-ring (bicyclic) bond motifs is 1. The molecule has 118 valence electrons. The van der Waals surface area contributed by atoms with E-state index >= 15 is 0 Å². The second kappa shape index (κ2) is 5.89. The molecule has 1 fully saturated rings. The van der Waals surface area contributed by atoms with Crippen molar-refractivity contribution >= 4 is 20.8 Å². The molecule has 0 aliphatic carbocycles. The lowest BCUT2D eigenvalue weighted by atomic mass is 10.0. The predicted molar refractivity (Wildman–Crippen MR) is 87.7 cm³/mol. The normalized spacial score (nSPS) is 17.7. The molecule has 0 spiro atoms. The van der Waals surface area contributed by atoms with Crippen LogP contribution in [0.2, 0.25) is 0 Å². The average Bonchev–Trinajstić information content (AvgIpc) is 2.54. The zero-order chi connectivity index (χ0) is 15.7. The lowest BCUT2D eigenvalue weighted by Gasteiger charge is -2.29. The van der Waals surface area contributed by atoms with E-state index in [0.29, 0.717) is 23.9 Å². The predicted octanol–water partition coefficient (Wildman–Crippen LogP) is 3.27. The molecule has 1 heterocycles. The molecular formula is C17H21NO3S. The summed E-state index contributed by atoms with van der Waals surface area (Å²) < 4.78 is 32.3. The Labute approximate surface area is 131 Å². The van der Waals surface area contributed by atoms with Crippen LogP contribution in [0, 0.1) is 5.92 Å². The van der Waals surface area contributed by atoms with Crippen molar-refractivity contribution in [3.63, 3.8) is 0 Å². The van der Waals surface area contributed by atoms with Crippen molar-refractivity contribution in [1.82, 2.24) is 4.31 Å². The Balaban J connectivity index is 1.95. The zero-order valence-electron chi connectivity index (χ0n) is 13.0. The molecule has 0 amide bonds. The molecule has 5 heteroatoms. The lowest BCUT2D eigenvalue weighted by molar-refractivity contribution is 0.288. The van der Waals surface area contributed by atoms with Gasteiger partial charge in [0.25, 0.3) is 0 Å². The van der Waals surface area contributed by atoms with E-state index in [0.717, 1.165) is 29.4 Å². The molecule has 0 atom stereocenters. The molecule has 2 aromatic rings. The third-order valence-electron chi connectivity index (χ3n) is 4.40. The minimum absolute atomic E-state index is 0.375. The molecule has 22 heavy (non-hydrogen) atoms. The summed E-state index contributed by atoms with van der Waals surface area (Å²) in [5.74, 6) is 1.38. The van der Waals surface area contributed by atoms with Crippen molar-refractivity contribution in [2.75, 3.05) is 20.2 Å².